The second-order valence-electron chi connectivity index (χ2n) is 10.8. The summed E-state index contributed by atoms with van der Waals surface area (Å²) >= 11 is 0. The summed E-state index contributed by atoms with van der Waals surface area (Å²) < 4.78 is 23.4. The van der Waals surface area contributed by atoms with Crippen molar-refractivity contribution in [2.45, 2.75) is 86.5 Å². The van der Waals surface area contributed by atoms with E-state index in [9.17, 15) is 20.1 Å². The number of hydrogen-bond acceptors (Lipinski definition) is 12. The molecule has 1 saturated heterocycles. The Hall–Kier alpha value is -2.17. The van der Waals surface area contributed by atoms with Gasteiger partial charge in [0.05, 0.1) is 25.2 Å². The minimum absolute atomic E-state index is 0.172. The highest BCUT2D eigenvalue weighted by Gasteiger charge is 2.53. The lowest BCUT2D eigenvalue weighted by atomic mass is 9.84. The molecular formula is C26H41N5O8. The number of hydrogen-bond donors (Lipinski definition) is 7. The Morgan fingerprint density at radius 1 is 1.05 bits per heavy atom. The van der Waals surface area contributed by atoms with Crippen molar-refractivity contribution in [2.75, 3.05) is 20.2 Å². The van der Waals surface area contributed by atoms with Crippen molar-refractivity contribution in [1.29, 1.82) is 0 Å². The van der Waals surface area contributed by atoms with Crippen molar-refractivity contribution in [3.63, 3.8) is 0 Å². The molecule has 11 N–H and O–H groups in total. The molecule has 0 spiro atoms. The average molecular weight is 552 g/mol. The second-order valence-corrected chi connectivity index (χ2v) is 10.8. The van der Waals surface area contributed by atoms with Gasteiger partial charge in [0.2, 0.25) is 6.29 Å². The maximum absolute atomic E-state index is 13.1. The molecule has 4 rings (SSSR count). The summed E-state index contributed by atoms with van der Waals surface area (Å²) in [4.78, 5) is 14.4. The highest BCUT2D eigenvalue weighted by atomic mass is 16.7. The summed E-state index contributed by atoms with van der Waals surface area (Å²) in [5, 5.41) is 33.6. The van der Waals surface area contributed by atoms with Crippen LogP contribution in [0.4, 0.5) is 0 Å². The maximum Gasteiger partial charge on any atom is 0.254 e. The van der Waals surface area contributed by atoms with Crippen LogP contribution in [0.2, 0.25) is 0 Å². The molecule has 0 unspecified atom stereocenters. The largest absolute Gasteiger partial charge is 0.467 e. The van der Waals surface area contributed by atoms with Gasteiger partial charge in [-0.1, -0.05) is 18.2 Å². The van der Waals surface area contributed by atoms with Gasteiger partial charge < -0.3 is 62.1 Å². The second kappa shape index (κ2) is 12.1. The summed E-state index contributed by atoms with van der Waals surface area (Å²) in [6, 6.07) is 5.53. The van der Waals surface area contributed by atoms with Crippen LogP contribution in [0.25, 0.3) is 0 Å². The highest BCUT2D eigenvalue weighted by molar-refractivity contribution is 5.94. The molecule has 1 aromatic carbocycles. The van der Waals surface area contributed by atoms with Crippen LogP contribution in [-0.2, 0) is 18.9 Å². The van der Waals surface area contributed by atoms with E-state index in [0.29, 0.717) is 17.7 Å². The van der Waals surface area contributed by atoms with Crippen LogP contribution in [0.5, 0.6) is 0 Å². The third-order valence-corrected chi connectivity index (χ3v) is 7.62. The molecule has 13 nitrogen and oxygen atoms in total. The Morgan fingerprint density at radius 2 is 1.67 bits per heavy atom. The van der Waals surface area contributed by atoms with Gasteiger partial charge in [-0.25, -0.2) is 0 Å². The number of rotatable bonds is 7. The number of aliphatic hydroxyl groups is 3. The predicted molar refractivity (Wildman–Crippen MR) is 140 cm³/mol. The zero-order chi connectivity index (χ0) is 28.5. The van der Waals surface area contributed by atoms with Crippen molar-refractivity contribution >= 4 is 5.91 Å². The molecule has 11 atom stereocenters. The molecule has 1 aliphatic carbocycles. The standard InChI is InChI=1S/C26H41N5O8/c1-26(35)12-36-25(19(33)22(26)31(2)23(34)13-6-4-3-5-7-13)39-21-17(30)10-16(29)20(18(21)32)38-24-15(28)9-8-14(11-27)37-24/h3-8,15-22,24-25,32-33,35H,9-12,27-30H2,1-2H3/t15-,16+,17-,18+,19-,20-,21+,22-,24-,25-,26+/m1/s1. The minimum Gasteiger partial charge on any atom is -0.467 e. The van der Waals surface area contributed by atoms with E-state index in [1.807, 2.05) is 0 Å². The zero-order valence-corrected chi connectivity index (χ0v) is 22.2. The molecule has 0 aromatic heterocycles. The van der Waals surface area contributed by atoms with E-state index in [-0.39, 0.29) is 19.6 Å². The summed E-state index contributed by atoms with van der Waals surface area (Å²) in [5.41, 5.74) is 23.2. The van der Waals surface area contributed by atoms with Crippen LogP contribution in [-0.4, -0.2) is 113 Å². The van der Waals surface area contributed by atoms with Crippen molar-refractivity contribution in [2.24, 2.45) is 22.9 Å². The van der Waals surface area contributed by atoms with Crippen LogP contribution in [0.3, 0.4) is 0 Å². The number of benzene rings is 1. The first-order valence-electron chi connectivity index (χ1n) is 13.1. The third-order valence-electron chi connectivity index (χ3n) is 7.62. The molecule has 3 aliphatic rings. The molecule has 218 valence electrons. The van der Waals surface area contributed by atoms with E-state index in [2.05, 4.69) is 0 Å². The third kappa shape index (κ3) is 6.28. The summed E-state index contributed by atoms with van der Waals surface area (Å²) in [6.07, 6.45) is -4.53. The molecule has 39 heavy (non-hydrogen) atoms. The monoisotopic (exact) mass is 551 g/mol. The quantitative estimate of drug-likeness (QED) is 0.190. The number of carbonyl (C=O) groups excluding carboxylic acids is 1. The van der Waals surface area contributed by atoms with Crippen molar-refractivity contribution in [3.05, 3.63) is 47.7 Å². The first-order chi connectivity index (χ1) is 18.4. The Bertz CT molecular complexity index is 1010. The van der Waals surface area contributed by atoms with Crippen LogP contribution < -0.4 is 22.9 Å². The molecule has 1 saturated carbocycles. The average Bonchev–Trinajstić information content (AvgIpc) is 2.90. The van der Waals surface area contributed by atoms with Crippen molar-refractivity contribution in [1.82, 2.24) is 4.90 Å². The van der Waals surface area contributed by atoms with Gasteiger partial charge in [0.15, 0.2) is 6.29 Å². The number of ether oxygens (including phenoxy) is 4. The molecule has 0 bridgehead atoms. The van der Waals surface area contributed by atoms with E-state index in [0.717, 1.165) is 0 Å². The first-order valence-corrected chi connectivity index (χ1v) is 13.1. The van der Waals surface area contributed by atoms with Crippen LogP contribution in [0, 0.1) is 0 Å². The Balaban J connectivity index is 1.48. The van der Waals surface area contributed by atoms with Gasteiger partial charge in [0.25, 0.3) is 5.91 Å². The number of carbonyl (C=O) groups is 1. The number of likely N-dealkylation sites (N-methyl/N-ethyl adjacent to an activating group) is 1. The molecule has 0 radical (unpaired) electrons. The molecule has 1 amide bonds. The van der Waals surface area contributed by atoms with Gasteiger partial charge in [-0.05, 0) is 38.0 Å². The lowest BCUT2D eigenvalue weighted by molar-refractivity contribution is -0.309. The fourth-order valence-electron chi connectivity index (χ4n) is 5.50. The van der Waals surface area contributed by atoms with Gasteiger partial charge in [-0.3, -0.25) is 4.79 Å². The number of aliphatic hydroxyl groups excluding tert-OH is 2. The van der Waals surface area contributed by atoms with Crippen LogP contribution >= 0.6 is 0 Å². The normalized spacial score (nSPS) is 40.9. The lowest BCUT2D eigenvalue weighted by Crippen LogP contribution is -2.69. The topological polar surface area (TPSA) is 222 Å². The van der Waals surface area contributed by atoms with Crippen LogP contribution in [0.1, 0.15) is 30.1 Å². The number of nitrogens with two attached hydrogens (primary N) is 4. The van der Waals surface area contributed by atoms with Gasteiger partial charge >= 0.3 is 0 Å². The van der Waals surface area contributed by atoms with E-state index in [1.54, 1.807) is 36.4 Å². The van der Waals surface area contributed by atoms with E-state index in [1.165, 1.54) is 18.9 Å². The van der Waals surface area contributed by atoms with E-state index < -0.39 is 72.7 Å². The minimum atomic E-state index is -1.59. The summed E-state index contributed by atoms with van der Waals surface area (Å²) in [7, 11) is 1.49. The fraction of sp³-hybridized carbons (Fsp3) is 0.654. The number of amides is 1. The first kappa shape index (κ1) is 29.8. The van der Waals surface area contributed by atoms with Gasteiger partial charge in [0, 0.05) is 24.7 Å². The molecule has 2 heterocycles. The van der Waals surface area contributed by atoms with E-state index in [4.69, 9.17) is 41.9 Å². The summed E-state index contributed by atoms with van der Waals surface area (Å²) in [5.74, 6) is 0.125. The van der Waals surface area contributed by atoms with E-state index >= 15 is 0 Å². The van der Waals surface area contributed by atoms with Crippen molar-refractivity contribution < 1.29 is 39.1 Å². The highest BCUT2D eigenvalue weighted by Crippen LogP contribution is 2.33. The maximum atomic E-state index is 13.1. The summed E-state index contributed by atoms with van der Waals surface area (Å²) in [6.45, 7) is 1.39. The van der Waals surface area contributed by atoms with Gasteiger partial charge in [-0.15, -0.1) is 0 Å². The molecule has 2 aliphatic heterocycles. The fourth-order valence-corrected chi connectivity index (χ4v) is 5.50. The lowest BCUT2D eigenvalue weighted by Gasteiger charge is -2.50. The van der Waals surface area contributed by atoms with Crippen LogP contribution in [0.15, 0.2) is 42.2 Å². The SMILES string of the molecule is CN(C(=O)c1ccccc1)[C@@H]1[C@@H](O)[C@@H](O[C@@H]2[C@@H](O)[C@H](O[C@H]3OC(CN)=CC[C@H]3N)[C@@H](N)C[C@H]2N)OC[C@]1(C)O. The van der Waals surface area contributed by atoms with Crippen molar-refractivity contribution in [3.8, 4) is 0 Å². The molecular weight excluding hydrogens is 510 g/mol. The van der Waals surface area contributed by atoms with Gasteiger partial charge in [0.1, 0.15) is 35.8 Å². The smallest absolute Gasteiger partial charge is 0.254 e. The zero-order valence-electron chi connectivity index (χ0n) is 22.2. The predicted octanol–water partition coefficient (Wildman–Crippen LogP) is -2.30. The molecule has 13 heteroatoms. The van der Waals surface area contributed by atoms with Gasteiger partial charge in [-0.2, -0.15) is 0 Å². The number of nitrogens with zero attached hydrogens (tertiary/aromatic N) is 1. The Morgan fingerprint density at radius 3 is 2.28 bits per heavy atom. The molecule has 1 aromatic rings. The Labute approximate surface area is 227 Å². The molecule has 2 fully saturated rings. The Kier molecular flexibility index (Phi) is 9.28.